The van der Waals surface area contributed by atoms with Crippen molar-refractivity contribution in [3.05, 3.63) is 30.9 Å². The molecule has 0 aliphatic heterocycles. The zero-order valence-electron chi connectivity index (χ0n) is 8.37. The quantitative estimate of drug-likeness (QED) is 0.749. The minimum atomic E-state index is -0.210. The van der Waals surface area contributed by atoms with Crippen molar-refractivity contribution in [2.45, 2.75) is 6.54 Å². The number of nitrogen functional groups attached to an aromatic ring is 1. The molecule has 16 heavy (non-hydrogen) atoms. The molecule has 7 nitrogen and oxygen atoms in total. The molecule has 2 aromatic heterocycles. The summed E-state index contributed by atoms with van der Waals surface area (Å²) in [5.74, 6) is -0.0629. The molecule has 0 fully saturated rings. The third kappa shape index (κ3) is 2.53. The lowest BCUT2D eigenvalue weighted by Gasteiger charge is -2.03. The summed E-state index contributed by atoms with van der Waals surface area (Å²) in [5, 5.41) is 6.47. The van der Waals surface area contributed by atoms with E-state index in [0.29, 0.717) is 5.69 Å². The van der Waals surface area contributed by atoms with Crippen molar-refractivity contribution in [1.82, 2.24) is 19.7 Å². The molecule has 1 amide bonds. The lowest BCUT2D eigenvalue weighted by Crippen LogP contribution is -2.19. The summed E-state index contributed by atoms with van der Waals surface area (Å²) in [6, 6.07) is 3.49. The number of nitrogens with one attached hydrogen (secondary N) is 1. The topological polar surface area (TPSA) is 98.7 Å². The second-order valence-electron chi connectivity index (χ2n) is 3.09. The zero-order chi connectivity index (χ0) is 11.4. The number of hydrogen-bond donors (Lipinski definition) is 2. The van der Waals surface area contributed by atoms with Gasteiger partial charge < -0.3 is 11.1 Å². The maximum Gasteiger partial charge on any atom is 0.246 e. The van der Waals surface area contributed by atoms with Crippen LogP contribution in [0.2, 0.25) is 0 Å². The van der Waals surface area contributed by atoms with Crippen molar-refractivity contribution in [2.24, 2.45) is 0 Å². The second kappa shape index (κ2) is 4.39. The van der Waals surface area contributed by atoms with E-state index in [-0.39, 0.29) is 18.4 Å². The van der Waals surface area contributed by atoms with Gasteiger partial charge in [-0.05, 0) is 12.1 Å². The molecule has 2 aromatic rings. The Hall–Kier alpha value is -2.44. The highest BCUT2D eigenvalue weighted by molar-refractivity contribution is 5.90. The molecule has 0 aliphatic rings. The predicted octanol–water partition coefficient (Wildman–Crippen LogP) is -0.106. The number of nitrogens with zero attached hydrogens (tertiary/aromatic N) is 4. The van der Waals surface area contributed by atoms with Crippen molar-refractivity contribution in [2.75, 3.05) is 11.1 Å². The van der Waals surface area contributed by atoms with Gasteiger partial charge in [-0.3, -0.25) is 9.78 Å². The Labute approximate surface area is 91.3 Å². The SMILES string of the molecule is Nc1ncn(CC(=O)Nc2cccnc2)n1. The first-order valence-corrected chi connectivity index (χ1v) is 4.59. The average Bonchev–Trinajstić information content (AvgIpc) is 2.65. The summed E-state index contributed by atoms with van der Waals surface area (Å²) in [6.07, 6.45) is 4.60. The molecule has 2 heterocycles. The first-order valence-electron chi connectivity index (χ1n) is 4.59. The molecule has 82 valence electrons. The monoisotopic (exact) mass is 218 g/mol. The first-order chi connectivity index (χ1) is 7.74. The van der Waals surface area contributed by atoms with E-state index in [9.17, 15) is 4.79 Å². The van der Waals surface area contributed by atoms with Crippen LogP contribution in [0, 0.1) is 0 Å². The number of amides is 1. The molecular formula is C9H10N6O. The number of aromatic nitrogens is 4. The molecule has 0 radical (unpaired) electrons. The van der Waals surface area contributed by atoms with Crippen LogP contribution in [-0.2, 0) is 11.3 Å². The summed E-state index contributed by atoms with van der Waals surface area (Å²) in [6.45, 7) is 0.0685. The number of pyridine rings is 1. The van der Waals surface area contributed by atoms with Gasteiger partial charge in [0, 0.05) is 6.20 Å². The lowest BCUT2D eigenvalue weighted by molar-refractivity contribution is -0.116. The van der Waals surface area contributed by atoms with E-state index in [1.54, 1.807) is 24.5 Å². The zero-order valence-corrected chi connectivity index (χ0v) is 8.37. The van der Waals surface area contributed by atoms with Gasteiger partial charge in [0.25, 0.3) is 0 Å². The summed E-state index contributed by atoms with van der Waals surface area (Å²) in [7, 11) is 0. The van der Waals surface area contributed by atoms with Gasteiger partial charge in [-0.15, -0.1) is 5.10 Å². The molecule has 0 saturated heterocycles. The fraction of sp³-hybridized carbons (Fsp3) is 0.111. The minimum absolute atomic E-state index is 0.0685. The fourth-order valence-corrected chi connectivity index (χ4v) is 1.17. The number of hydrogen-bond acceptors (Lipinski definition) is 5. The molecule has 0 aliphatic carbocycles. The lowest BCUT2D eigenvalue weighted by atomic mass is 10.4. The van der Waals surface area contributed by atoms with Gasteiger partial charge >= 0.3 is 0 Å². The summed E-state index contributed by atoms with van der Waals surface area (Å²) >= 11 is 0. The van der Waals surface area contributed by atoms with E-state index >= 15 is 0 Å². The first kappa shape index (κ1) is 10.1. The molecule has 0 aromatic carbocycles. The summed E-state index contributed by atoms with van der Waals surface area (Å²) < 4.78 is 1.36. The number of rotatable bonds is 3. The Kier molecular flexibility index (Phi) is 2.77. The van der Waals surface area contributed by atoms with E-state index in [0.717, 1.165) is 0 Å². The van der Waals surface area contributed by atoms with Crippen molar-refractivity contribution in [3.63, 3.8) is 0 Å². The largest absolute Gasteiger partial charge is 0.367 e. The fourth-order valence-electron chi connectivity index (χ4n) is 1.17. The standard InChI is InChI=1S/C9H10N6O/c10-9-12-6-15(14-9)5-8(16)13-7-2-1-3-11-4-7/h1-4,6H,5H2,(H2,10,14)(H,13,16). The molecule has 0 unspecified atom stereocenters. The van der Waals surface area contributed by atoms with Gasteiger partial charge in [0.15, 0.2) is 0 Å². The van der Waals surface area contributed by atoms with Crippen LogP contribution in [0.5, 0.6) is 0 Å². The Morgan fingerprint density at radius 3 is 3.06 bits per heavy atom. The van der Waals surface area contributed by atoms with Crippen LogP contribution in [-0.4, -0.2) is 25.7 Å². The summed E-state index contributed by atoms with van der Waals surface area (Å²) in [5.41, 5.74) is 5.96. The van der Waals surface area contributed by atoms with E-state index < -0.39 is 0 Å². The van der Waals surface area contributed by atoms with Crippen LogP contribution in [0.1, 0.15) is 0 Å². The molecule has 3 N–H and O–H groups in total. The highest BCUT2D eigenvalue weighted by Gasteiger charge is 2.04. The second-order valence-corrected chi connectivity index (χ2v) is 3.09. The van der Waals surface area contributed by atoms with Crippen molar-refractivity contribution < 1.29 is 4.79 Å². The maximum atomic E-state index is 11.5. The van der Waals surface area contributed by atoms with Gasteiger partial charge in [-0.25, -0.2) is 9.67 Å². The van der Waals surface area contributed by atoms with E-state index in [1.165, 1.54) is 11.0 Å². The third-order valence-corrected chi connectivity index (χ3v) is 1.81. The smallest absolute Gasteiger partial charge is 0.246 e. The van der Waals surface area contributed by atoms with Crippen LogP contribution in [0.25, 0.3) is 0 Å². The van der Waals surface area contributed by atoms with E-state index in [1.807, 2.05) is 0 Å². The number of anilines is 2. The van der Waals surface area contributed by atoms with Gasteiger partial charge in [-0.1, -0.05) is 0 Å². The van der Waals surface area contributed by atoms with Crippen LogP contribution < -0.4 is 11.1 Å². The average molecular weight is 218 g/mol. The van der Waals surface area contributed by atoms with Crippen LogP contribution in [0.15, 0.2) is 30.9 Å². The maximum absolute atomic E-state index is 11.5. The Balaban J connectivity index is 1.95. The van der Waals surface area contributed by atoms with Gasteiger partial charge in [0.05, 0.1) is 11.9 Å². The van der Waals surface area contributed by atoms with E-state index in [2.05, 4.69) is 20.4 Å². The molecule has 0 bridgehead atoms. The molecule has 2 rings (SSSR count). The van der Waals surface area contributed by atoms with Gasteiger partial charge in [-0.2, -0.15) is 0 Å². The van der Waals surface area contributed by atoms with Crippen LogP contribution in [0.3, 0.4) is 0 Å². The molecule has 0 spiro atoms. The van der Waals surface area contributed by atoms with Crippen LogP contribution in [0.4, 0.5) is 11.6 Å². The van der Waals surface area contributed by atoms with Crippen LogP contribution >= 0.6 is 0 Å². The molecule has 0 atom stereocenters. The summed E-state index contributed by atoms with van der Waals surface area (Å²) in [4.78, 5) is 19.1. The Morgan fingerprint density at radius 2 is 2.44 bits per heavy atom. The highest BCUT2D eigenvalue weighted by Crippen LogP contribution is 2.02. The normalized spacial score (nSPS) is 10.0. The van der Waals surface area contributed by atoms with E-state index in [4.69, 9.17) is 5.73 Å². The Bertz CT molecular complexity index is 480. The van der Waals surface area contributed by atoms with Crippen molar-refractivity contribution >= 4 is 17.5 Å². The predicted molar refractivity (Wildman–Crippen MR) is 57.3 cm³/mol. The highest BCUT2D eigenvalue weighted by atomic mass is 16.2. The number of nitrogens with two attached hydrogens (primary N) is 1. The minimum Gasteiger partial charge on any atom is -0.367 e. The van der Waals surface area contributed by atoms with Crippen molar-refractivity contribution in [1.29, 1.82) is 0 Å². The number of carbonyl (C=O) groups excluding carboxylic acids is 1. The van der Waals surface area contributed by atoms with Crippen molar-refractivity contribution in [3.8, 4) is 0 Å². The third-order valence-electron chi connectivity index (χ3n) is 1.81. The molecule has 7 heteroatoms. The number of carbonyl (C=O) groups is 1. The Morgan fingerprint density at radius 1 is 1.56 bits per heavy atom. The van der Waals surface area contributed by atoms with Gasteiger partial charge in [0.1, 0.15) is 12.9 Å². The van der Waals surface area contributed by atoms with Gasteiger partial charge in [0.2, 0.25) is 11.9 Å². The molecular weight excluding hydrogens is 208 g/mol. The molecule has 0 saturated carbocycles.